The van der Waals surface area contributed by atoms with Gasteiger partial charge in [-0.2, -0.15) is 15.4 Å². The summed E-state index contributed by atoms with van der Waals surface area (Å²) in [7, 11) is 0. The first-order valence-electron chi connectivity index (χ1n) is 10.9. The van der Waals surface area contributed by atoms with Crippen LogP contribution in [0.1, 0.15) is 25.0 Å². The Labute approximate surface area is 193 Å². The Bertz CT molecular complexity index is 1170. The second-order valence-electron chi connectivity index (χ2n) is 8.77. The van der Waals surface area contributed by atoms with E-state index in [1.54, 1.807) is 6.20 Å². The molecule has 0 bridgehead atoms. The Morgan fingerprint density at radius 1 is 1.06 bits per heavy atom. The van der Waals surface area contributed by atoms with E-state index in [2.05, 4.69) is 39.6 Å². The second kappa shape index (κ2) is 9.97. The van der Waals surface area contributed by atoms with E-state index < -0.39 is 6.10 Å². The summed E-state index contributed by atoms with van der Waals surface area (Å²) in [5.74, 6) is 1.92. The van der Waals surface area contributed by atoms with Crippen LogP contribution in [0.2, 0.25) is 0 Å². The molecule has 0 radical (unpaired) electrons. The van der Waals surface area contributed by atoms with Gasteiger partial charge >= 0.3 is 0 Å². The zero-order valence-corrected chi connectivity index (χ0v) is 19.1. The number of aliphatic hydroxyl groups is 1. The largest absolute Gasteiger partial charge is 0.488 e. The molecule has 0 spiro atoms. The minimum atomic E-state index is -0.663. The number of fused-ring (bicyclic) bond motifs is 1. The predicted molar refractivity (Wildman–Crippen MR) is 127 cm³/mol. The number of aryl methyl sites for hydroxylation is 1. The molecule has 0 amide bonds. The molecule has 0 fully saturated rings. The Morgan fingerprint density at radius 3 is 2.64 bits per heavy atom. The van der Waals surface area contributed by atoms with E-state index in [1.165, 1.54) is 5.56 Å². The van der Waals surface area contributed by atoms with E-state index in [-0.39, 0.29) is 12.1 Å². The fraction of sp³-hybridized carbons (Fsp3) is 0.320. The standard InChI is InChI=1S/C25H29N5O3/c1-17-7-12-23(26-14-17)33-20-10-8-18(9-11-20)13-25(2,3)27-15-19(31)16-32-22-6-4-5-21-24(22)29-30-28-21/h4-12,14,19,27,31H,13,15-16H2,1-3H3,(H,28,29,30)/t19-/m0/s1. The summed E-state index contributed by atoms with van der Waals surface area (Å²) in [4.78, 5) is 4.27. The highest BCUT2D eigenvalue weighted by atomic mass is 16.5. The summed E-state index contributed by atoms with van der Waals surface area (Å²) in [6, 6.07) is 17.3. The fourth-order valence-electron chi connectivity index (χ4n) is 3.48. The molecule has 0 aliphatic rings. The molecule has 0 aliphatic heterocycles. The van der Waals surface area contributed by atoms with Crippen molar-refractivity contribution in [2.75, 3.05) is 13.2 Å². The first-order chi connectivity index (χ1) is 15.9. The van der Waals surface area contributed by atoms with Crippen molar-refractivity contribution >= 4 is 11.0 Å². The van der Waals surface area contributed by atoms with Crippen molar-refractivity contribution in [2.24, 2.45) is 0 Å². The maximum absolute atomic E-state index is 10.4. The van der Waals surface area contributed by atoms with E-state index in [0.29, 0.717) is 23.7 Å². The summed E-state index contributed by atoms with van der Waals surface area (Å²) >= 11 is 0. The summed E-state index contributed by atoms with van der Waals surface area (Å²) in [6.45, 7) is 6.78. The minimum absolute atomic E-state index is 0.161. The van der Waals surface area contributed by atoms with E-state index in [0.717, 1.165) is 23.3 Å². The molecule has 4 rings (SSSR count). The number of H-pyrrole nitrogens is 1. The first-order valence-corrected chi connectivity index (χ1v) is 10.9. The number of pyridine rings is 1. The lowest BCUT2D eigenvalue weighted by atomic mass is 9.94. The van der Waals surface area contributed by atoms with Crippen LogP contribution in [0.4, 0.5) is 0 Å². The fourth-order valence-corrected chi connectivity index (χ4v) is 3.48. The molecule has 0 aliphatic carbocycles. The lowest BCUT2D eigenvalue weighted by Crippen LogP contribution is -2.46. The number of hydrogen-bond donors (Lipinski definition) is 3. The molecule has 4 aromatic rings. The van der Waals surface area contributed by atoms with Gasteiger partial charge in [-0.25, -0.2) is 4.98 Å². The van der Waals surface area contributed by atoms with Gasteiger partial charge in [0.2, 0.25) is 5.88 Å². The molecule has 2 heterocycles. The molecule has 8 nitrogen and oxygen atoms in total. The summed E-state index contributed by atoms with van der Waals surface area (Å²) in [5, 5.41) is 24.6. The average molecular weight is 448 g/mol. The van der Waals surface area contributed by atoms with Crippen molar-refractivity contribution in [2.45, 2.75) is 38.8 Å². The van der Waals surface area contributed by atoms with Crippen molar-refractivity contribution in [3.8, 4) is 17.4 Å². The van der Waals surface area contributed by atoms with Gasteiger partial charge in [-0.1, -0.05) is 24.3 Å². The van der Waals surface area contributed by atoms with Crippen LogP contribution in [-0.2, 0) is 6.42 Å². The minimum Gasteiger partial charge on any atom is -0.488 e. The number of aliphatic hydroxyl groups excluding tert-OH is 1. The number of rotatable bonds is 10. The normalized spacial score (nSPS) is 12.6. The van der Waals surface area contributed by atoms with E-state index in [1.807, 2.05) is 61.5 Å². The molecular weight excluding hydrogens is 418 g/mol. The topological polar surface area (TPSA) is 105 Å². The van der Waals surface area contributed by atoms with Crippen molar-refractivity contribution in [1.29, 1.82) is 0 Å². The van der Waals surface area contributed by atoms with Crippen molar-refractivity contribution in [3.05, 3.63) is 71.9 Å². The zero-order valence-electron chi connectivity index (χ0n) is 19.1. The maximum Gasteiger partial charge on any atom is 0.219 e. The SMILES string of the molecule is Cc1ccc(Oc2ccc(CC(C)(C)NC[C@H](O)COc3cccc4n[nH]nc34)cc2)nc1. The number of ether oxygens (including phenoxy) is 2. The first kappa shape index (κ1) is 22.7. The number of aromatic nitrogens is 4. The number of aromatic amines is 1. The van der Waals surface area contributed by atoms with Crippen molar-refractivity contribution < 1.29 is 14.6 Å². The van der Waals surface area contributed by atoms with Gasteiger partial charge in [0.15, 0.2) is 5.52 Å². The van der Waals surface area contributed by atoms with Crippen molar-refractivity contribution in [1.82, 2.24) is 25.7 Å². The third-order valence-corrected chi connectivity index (χ3v) is 5.23. The predicted octanol–water partition coefficient (Wildman–Crippen LogP) is 3.80. The monoisotopic (exact) mass is 447 g/mol. The number of nitrogens with one attached hydrogen (secondary N) is 2. The van der Waals surface area contributed by atoms with Crippen LogP contribution in [0.5, 0.6) is 17.4 Å². The lowest BCUT2D eigenvalue weighted by molar-refractivity contribution is 0.0995. The molecule has 0 saturated heterocycles. The molecular formula is C25H29N5O3. The molecule has 33 heavy (non-hydrogen) atoms. The van der Waals surface area contributed by atoms with Gasteiger partial charge in [-0.15, -0.1) is 0 Å². The van der Waals surface area contributed by atoms with E-state index in [4.69, 9.17) is 9.47 Å². The van der Waals surface area contributed by atoms with E-state index >= 15 is 0 Å². The Morgan fingerprint density at radius 2 is 1.88 bits per heavy atom. The number of para-hydroxylation sites is 1. The van der Waals surface area contributed by atoms with E-state index in [9.17, 15) is 5.11 Å². The molecule has 172 valence electrons. The van der Waals surface area contributed by atoms with Gasteiger partial charge in [0.25, 0.3) is 0 Å². The highest BCUT2D eigenvalue weighted by Crippen LogP contribution is 2.23. The zero-order chi connectivity index (χ0) is 23.3. The third kappa shape index (κ3) is 6.27. The Kier molecular flexibility index (Phi) is 6.86. The number of hydrogen-bond acceptors (Lipinski definition) is 7. The number of benzene rings is 2. The maximum atomic E-state index is 10.4. The summed E-state index contributed by atoms with van der Waals surface area (Å²) < 4.78 is 11.6. The number of β-amino-alcohol motifs (C(OH)–C–C–N with tert-alkyl or cyclic N) is 1. The second-order valence-corrected chi connectivity index (χ2v) is 8.77. The van der Waals surface area contributed by atoms with Gasteiger partial charge in [-0.3, -0.25) is 0 Å². The Balaban J connectivity index is 1.25. The highest BCUT2D eigenvalue weighted by molar-refractivity contribution is 5.80. The van der Waals surface area contributed by atoms with Crippen LogP contribution >= 0.6 is 0 Å². The van der Waals surface area contributed by atoms with Crippen LogP contribution in [0.3, 0.4) is 0 Å². The molecule has 0 unspecified atom stereocenters. The molecule has 2 aromatic carbocycles. The van der Waals surface area contributed by atoms with Crippen LogP contribution < -0.4 is 14.8 Å². The quantitative estimate of drug-likeness (QED) is 0.340. The van der Waals surface area contributed by atoms with Crippen LogP contribution in [-0.4, -0.2) is 50.3 Å². The van der Waals surface area contributed by atoms with Gasteiger partial charge in [0, 0.05) is 24.3 Å². The lowest BCUT2D eigenvalue weighted by Gasteiger charge is -2.28. The van der Waals surface area contributed by atoms with Crippen LogP contribution in [0, 0.1) is 6.92 Å². The van der Waals surface area contributed by atoms with Gasteiger partial charge in [-0.05, 0) is 62.6 Å². The Hall–Kier alpha value is -3.49. The molecule has 2 aromatic heterocycles. The van der Waals surface area contributed by atoms with Crippen LogP contribution in [0.15, 0.2) is 60.8 Å². The van der Waals surface area contributed by atoms with Gasteiger partial charge in [0.05, 0.1) is 0 Å². The molecule has 0 saturated carbocycles. The molecule has 1 atom stereocenters. The van der Waals surface area contributed by atoms with Crippen LogP contribution in [0.25, 0.3) is 11.0 Å². The summed E-state index contributed by atoms with van der Waals surface area (Å²) in [6.07, 6.45) is 1.91. The molecule has 3 N–H and O–H groups in total. The van der Waals surface area contributed by atoms with Gasteiger partial charge < -0.3 is 19.9 Å². The van der Waals surface area contributed by atoms with Gasteiger partial charge in [0.1, 0.15) is 29.7 Å². The number of nitrogens with zero attached hydrogens (tertiary/aromatic N) is 3. The smallest absolute Gasteiger partial charge is 0.219 e. The third-order valence-electron chi connectivity index (χ3n) is 5.23. The van der Waals surface area contributed by atoms with Crippen molar-refractivity contribution in [3.63, 3.8) is 0 Å². The average Bonchev–Trinajstić information content (AvgIpc) is 3.29. The summed E-state index contributed by atoms with van der Waals surface area (Å²) in [5.41, 5.74) is 3.43. The molecule has 8 heteroatoms. The highest BCUT2D eigenvalue weighted by Gasteiger charge is 2.20.